The highest BCUT2D eigenvalue weighted by Gasteiger charge is 2.28. The minimum absolute atomic E-state index is 0.251. The van der Waals surface area contributed by atoms with Gasteiger partial charge in [-0.05, 0) is 32.9 Å². The van der Waals surface area contributed by atoms with Gasteiger partial charge in [-0.2, -0.15) is 0 Å². The van der Waals surface area contributed by atoms with E-state index in [1.807, 2.05) is 45.0 Å². The normalized spacial score (nSPS) is 17.6. The Kier molecular flexibility index (Phi) is 5.55. The number of ether oxygens (including phenoxy) is 3. The first-order valence-corrected chi connectivity index (χ1v) is 8.86. The lowest BCUT2D eigenvalue weighted by Gasteiger charge is -2.34. The summed E-state index contributed by atoms with van der Waals surface area (Å²) in [7, 11) is 0. The molecule has 8 nitrogen and oxygen atoms in total. The SMILES string of the molecule is CC(C)(C)OC(=O)N1CCOC(COc2ccccc2-c2cc(N)no2)C1. The van der Waals surface area contributed by atoms with Gasteiger partial charge in [-0.15, -0.1) is 0 Å². The van der Waals surface area contributed by atoms with Crippen molar-refractivity contribution < 1.29 is 23.5 Å². The van der Waals surface area contributed by atoms with Crippen LogP contribution in [-0.2, 0) is 9.47 Å². The number of morpholine rings is 1. The van der Waals surface area contributed by atoms with E-state index >= 15 is 0 Å². The van der Waals surface area contributed by atoms with Crippen LogP contribution in [0.15, 0.2) is 34.9 Å². The van der Waals surface area contributed by atoms with Crippen LogP contribution >= 0.6 is 0 Å². The maximum atomic E-state index is 12.3. The minimum atomic E-state index is -0.529. The predicted molar refractivity (Wildman–Crippen MR) is 99.4 cm³/mol. The van der Waals surface area contributed by atoms with Gasteiger partial charge >= 0.3 is 6.09 Å². The molecule has 0 radical (unpaired) electrons. The molecule has 1 unspecified atom stereocenters. The lowest BCUT2D eigenvalue weighted by Crippen LogP contribution is -2.49. The number of para-hydroxylation sites is 1. The second kappa shape index (κ2) is 7.87. The molecular weight excluding hydrogens is 350 g/mol. The molecule has 2 heterocycles. The number of hydrogen-bond donors (Lipinski definition) is 1. The van der Waals surface area contributed by atoms with Gasteiger partial charge in [0.15, 0.2) is 11.6 Å². The smallest absolute Gasteiger partial charge is 0.410 e. The molecule has 2 N–H and O–H groups in total. The Morgan fingerprint density at radius 2 is 2.15 bits per heavy atom. The molecule has 8 heteroatoms. The highest BCUT2D eigenvalue weighted by atomic mass is 16.6. The summed E-state index contributed by atoms with van der Waals surface area (Å²) >= 11 is 0. The van der Waals surface area contributed by atoms with Crippen molar-refractivity contribution in [3.05, 3.63) is 30.3 Å². The Morgan fingerprint density at radius 3 is 2.85 bits per heavy atom. The molecule has 27 heavy (non-hydrogen) atoms. The summed E-state index contributed by atoms with van der Waals surface area (Å²) in [5.41, 5.74) is 5.85. The molecule has 0 saturated carbocycles. The zero-order chi connectivity index (χ0) is 19.4. The van der Waals surface area contributed by atoms with Gasteiger partial charge in [0.05, 0.1) is 18.7 Å². The Balaban J connectivity index is 1.61. The summed E-state index contributed by atoms with van der Waals surface area (Å²) in [6.07, 6.45) is -0.590. The molecule has 2 aromatic rings. The van der Waals surface area contributed by atoms with E-state index in [-0.39, 0.29) is 12.2 Å². The van der Waals surface area contributed by atoms with Gasteiger partial charge in [-0.3, -0.25) is 0 Å². The molecule has 1 amide bonds. The summed E-state index contributed by atoms with van der Waals surface area (Å²) < 4.78 is 22.3. The van der Waals surface area contributed by atoms with Crippen LogP contribution in [0.2, 0.25) is 0 Å². The number of rotatable bonds is 4. The van der Waals surface area contributed by atoms with Crippen LogP contribution in [0, 0.1) is 0 Å². The first-order valence-electron chi connectivity index (χ1n) is 8.86. The van der Waals surface area contributed by atoms with E-state index < -0.39 is 5.60 Å². The molecule has 0 spiro atoms. The number of benzene rings is 1. The fourth-order valence-corrected chi connectivity index (χ4v) is 2.71. The highest BCUT2D eigenvalue weighted by Crippen LogP contribution is 2.31. The molecule has 146 valence electrons. The number of anilines is 1. The summed E-state index contributed by atoms with van der Waals surface area (Å²) in [5.74, 6) is 1.47. The van der Waals surface area contributed by atoms with Crippen molar-refractivity contribution in [2.75, 3.05) is 32.0 Å². The fourth-order valence-electron chi connectivity index (χ4n) is 2.71. The molecule has 1 saturated heterocycles. The van der Waals surface area contributed by atoms with Crippen LogP contribution in [0.5, 0.6) is 5.75 Å². The van der Waals surface area contributed by atoms with Crippen molar-refractivity contribution in [3.63, 3.8) is 0 Å². The van der Waals surface area contributed by atoms with Crippen LogP contribution in [0.25, 0.3) is 11.3 Å². The number of hydrogen-bond acceptors (Lipinski definition) is 7. The largest absolute Gasteiger partial charge is 0.490 e. The van der Waals surface area contributed by atoms with Crippen LogP contribution in [0.4, 0.5) is 10.6 Å². The molecule has 3 rings (SSSR count). The molecule has 1 aliphatic rings. The number of carbonyl (C=O) groups is 1. The number of nitrogens with two attached hydrogens (primary N) is 1. The van der Waals surface area contributed by atoms with Crippen molar-refractivity contribution >= 4 is 11.9 Å². The van der Waals surface area contributed by atoms with E-state index in [0.717, 1.165) is 5.56 Å². The summed E-state index contributed by atoms with van der Waals surface area (Å²) in [6.45, 7) is 7.18. The van der Waals surface area contributed by atoms with Crippen LogP contribution < -0.4 is 10.5 Å². The number of carbonyl (C=O) groups excluding carboxylic acids is 1. The molecule has 1 aromatic heterocycles. The van der Waals surface area contributed by atoms with Gasteiger partial charge in [0, 0.05) is 12.6 Å². The van der Waals surface area contributed by atoms with Crippen molar-refractivity contribution in [2.45, 2.75) is 32.5 Å². The van der Waals surface area contributed by atoms with E-state index in [1.165, 1.54) is 0 Å². The average Bonchev–Trinajstić information content (AvgIpc) is 3.05. The maximum Gasteiger partial charge on any atom is 0.410 e. The zero-order valence-corrected chi connectivity index (χ0v) is 15.8. The Hall–Kier alpha value is -2.74. The van der Waals surface area contributed by atoms with Crippen molar-refractivity contribution in [3.8, 4) is 17.1 Å². The molecular formula is C19H25N3O5. The van der Waals surface area contributed by atoms with E-state index in [1.54, 1.807) is 11.0 Å². The van der Waals surface area contributed by atoms with Gasteiger partial charge in [0.25, 0.3) is 0 Å². The number of nitrogens with zero attached hydrogens (tertiary/aromatic N) is 2. The lowest BCUT2D eigenvalue weighted by molar-refractivity contribution is -0.0556. The van der Waals surface area contributed by atoms with Crippen molar-refractivity contribution in [1.29, 1.82) is 0 Å². The monoisotopic (exact) mass is 375 g/mol. The van der Waals surface area contributed by atoms with Crippen molar-refractivity contribution in [1.82, 2.24) is 10.1 Å². The molecule has 1 atom stereocenters. The highest BCUT2D eigenvalue weighted by molar-refractivity contribution is 5.68. The Labute approximate surface area is 158 Å². The fraction of sp³-hybridized carbons (Fsp3) is 0.474. The Bertz CT molecular complexity index is 784. The third-order valence-electron chi connectivity index (χ3n) is 3.90. The minimum Gasteiger partial charge on any atom is -0.490 e. The molecule has 1 fully saturated rings. The second-order valence-corrected chi connectivity index (χ2v) is 7.34. The summed E-state index contributed by atoms with van der Waals surface area (Å²) in [4.78, 5) is 13.9. The molecule has 1 aromatic carbocycles. The lowest BCUT2D eigenvalue weighted by atomic mass is 10.1. The van der Waals surface area contributed by atoms with Crippen LogP contribution in [0.3, 0.4) is 0 Å². The number of nitrogen functional groups attached to an aromatic ring is 1. The third-order valence-corrected chi connectivity index (χ3v) is 3.90. The van der Waals surface area contributed by atoms with Crippen LogP contribution in [-0.4, -0.2) is 54.2 Å². The van der Waals surface area contributed by atoms with Crippen molar-refractivity contribution in [2.24, 2.45) is 0 Å². The van der Waals surface area contributed by atoms with E-state index in [2.05, 4.69) is 5.16 Å². The van der Waals surface area contributed by atoms with Crippen LogP contribution in [0.1, 0.15) is 20.8 Å². The summed E-state index contributed by atoms with van der Waals surface area (Å²) in [6, 6.07) is 9.09. The standard InChI is InChI=1S/C19H25N3O5/c1-19(2,3)26-18(23)22-8-9-24-13(11-22)12-25-15-7-5-4-6-14(15)16-10-17(20)21-27-16/h4-7,10,13H,8-9,11-12H2,1-3H3,(H2,20,21). The van der Waals surface area contributed by atoms with Gasteiger partial charge in [-0.1, -0.05) is 17.3 Å². The zero-order valence-electron chi connectivity index (χ0n) is 15.8. The Morgan fingerprint density at radius 1 is 1.37 bits per heavy atom. The number of amides is 1. The van der Waals surface area contributed by atoms with Gasteiger partial charge in [-0.25, -0.2) is 4.79 Å². The second-order valence-electron chi connectivity index (χ2n) is 7.34. The first kappa shape index (κ1) is 19.0. The molecule has 0 aliphatic carbocycles. The molecule has 0 bridgehead atoms. The third kappa shape index (κ3) is 5.13. The first-order chi connectivity index (χ1) is 12.8. The van der Waals surface area contributed by atoms with E-state index in [9.17, 15) is 4.79 Å². The maximum absolute atomic E-state index is 12.3. The molecule has 1 aliphatic heterocycles. The van der Waals surface area contributed by atoms with Gasteiger partial charge in [0.1, 0.15) is 24.1 Å². The predicted octanol–water partition coefficient (Wildman–Crippen LogP) is 2.94. The van der Waals surface area contributed by atoms with Gasteiger partial charge < -0.3 is 29.4 Å². The topological polar surface area (TPSA) is 100 Å². The van der Waals surface area contributed by atoms with E-state index in [0.29, 0.717) is 43.6 Å². The average molecular weight is 375 g/mol. The summed E-state index contributed by atoms with van der Waals surface area (Å²) in [5, 5.41) is 3.71. The van der Waals surface area contributed by atoms with Gasteiger partial charge in [0.2, 0.25) is 0 Å². The van der Waals surface area contributed by atoms with E-state index in [4.69, 9.17) is 24.5 Å². The quantitative estimate of drug-likeness (QED) is 0.877. The number of aromatic nitrogens is 1.